The zero-order valence-electron chi connectivity index (χ0n) is 12.3. The average molecular weight is 337 g/mol. The second-order valence-electron chi connectivity index (χ2n) is 6.27. The highest BCUT2D eigenvalue weighted by atomic mass is 79.9. The summed E-state index contributed by atoms with van der Waals surface area (Å²) in [6, 6.07) is 11.1. The van der Waals surface area contributed by atoms with Crippen LogP contribution in [0.3, 0.4) is 0 Å². The maximum Gasteiger partial charge on any atom is 0.0240 e. The molecule has 2 nitrogen and oxygen atoms in total. The van der Waals surface area contributed by atoms with E-state index in [1.807, 2.05) is 0 Å². The molecule has 0 spiro atoms. The zero-order valence-corrected chi connectivity index (χ0v) is 13.9. The Hall–Kier alpha value is -0.380. The number of nitrogens with one attached hydrogen (secondary N) is 1. The Morgan fingerprint density at radius 1 is 1.25 bits per heavy atom. The summed E-state index contributed by atoms with van der Waals surface area (Å²) in [6.45, 7) is 4.45. The molecular weight excluding hydrogens is 312 g/mol. The minimum atomic E-state index is 0.744. The Bertz CT molecular complexity index is 434. The number of hydrogen-bond acceptors (Lipinski definition) is 2. The summed E-state index contributed by atoms with van der Waals surface area (Å²) in [5.74, 6) is 0. The summed E-state index contributed by atoms with van der Waals surface area (Å²) >= 11 is 3.59. The normalized spacial score (nSPS) is 30.4. The van der Waals surface area contributed by atoms with Crippen molar-refractivity contribution in [1.29, 1.82) is 0 Å². The number of piperidine rings is 2. The quantitative estimate of drug-likeness (QED) is 0.895. The predicted octanol–water partition coefficient (Wildman–Crippen LogP) is 3.94. The standard InChI is InChI=1S/C17H25BrN2/c1-2-19-15-10-16-7-4-8-17(11-15)20(16)12-13-5-3-6-14(18)9-13/h3,5-6,9,15-17,19H,2,4,7-8,10-12H2,1H3. The lowest BCUT2D eigenvalue weighted by molar-refractivity contribution is 0.0180. The molecule has 2 aliphatic heterocycles. The summed E-state index contributed by atoms with van der Waals surface area (Å²) in [7, 11) is 0. The third kappa shape index (κ3) is 3.26. The van der Waals surface area contributed by atoms with E-state index in [1.54, 1.807) is 0 Å². The summed E-state index contributed by atoms with van der Waals surface area (Å²) in [5, 5.41) is 3.67. The van der Waals surface area contributed by atoms with Gasteiger partial charge >= 0.3 is 0 Å². The zero-order chi connectivity index (χ0) is 13.9. The van der Waals surface area contributed by atoms with Gasteiger partial charge in [-0.15, -0.1) is 0 Å². The second kappa shape index (κ2) is 6.59. The summed E-state index contributed by atoms with van der Waals surface area (Å²) in [5.41, 5.74) is 1.44. The molecule has 2 atom stereocenters. The average Bonchev–Trinajstić information content (AvgIpc) is 2.40. The van der Waals surface area contributed by atoms with Gasteiger partial charge in [-0.2, -0.15) is 0 Å². The van der Waals surface area contributed by atoms with Gasteiger partial charge in [-0.1, -0.05) is 41.4 Å². The van der Waals surface area contributed by atoms with E-state index in [4.69, 9.17) is 0 Å². The van der Waals surface area contributed by atoms with Crippen molar-refractivity contribution in [2.45, 2.75) is 63.7 Å². The monoisotopic (exact) mass is 336 g/mol. The molecule has 2 aliphatic rings. The number of hydrogen-bond donors (Lipinski definition) is 1. The smallest absolute Gasteiger partial charge is 0.0240 e. The number of halogens is 1. The van der Waals surface area contributed by atoms with E-state index in [1.165, 1.54) is 42.1 Å². The molecule has 2 unspecified atom stereocenters. The van der Waals surface area contributed by atoms with Crippen LogP contribution >= 0.6 is 15.9 Å². The first-order valence-corrected chi connectivity index (χ1v) is 8.79. The highest BCUT2D eigenvalue weighted by Gasteiger charge is 2.37. The van der Waals surface area contributed by atoms with Gasteiger partial charge in [-0.25, -0.2) is 0 Å². The molecule has 20 heavy (non-hydrogen) atoms. The van der Waals surface area contributed by atoms with Crippen molar-refractivity contribution < 1.29 is 0 Å². The fraction of sp³-hybridized carbons (Fsp3) is 0.647. The molecular formula is C17H25BrN2. The number of nitrogens with zero attached hydrogens (tertiary/aromatic N) is 1. The van der Waals surface area contributed by atoms with Gasteiger partial charge < -0.3 is 5.32 Å². The van der Waals surface area contributed by atoms with Gasteiger partial charge in [-0.05, 0) is 49.9 Å². The van der Waals surface area contributed by atoms with Crippen molar-refractivity contribution in [3.63, 3.8) is 0 Å². The Morgan fingerprint density at radius 3 is 2.65 bits per heavy atom. The molecule has 0 amide bonds. The number of benzene rings is 1. The van der Waals surface area contributed by atoms with Crippen LogP contribution in [-0.4, -0.2) is 29.6 Å². The molecule has 0 saturated carbocycles. The van der Waals surface area contributed by atoms with Crippen LogP contribution in [0.25, 0.3) is 0 Å². The van der Waals surface area contributed by atoms with E-state index >= 15 is 0 Å². The van der Waals surface area contributed by atoms with Crippen LogP contribution in [0.1, 0.15) is 44.6 Å². The predicted molar refractivity (Wildman–Crippen MR) is 87.8 cm³/mol. The largest absolute Gasteiger partial charge is 0.314 e. The first kappa shape index (κ1) is 14.6. The first-order valence-electron chi connectivity index (χ1n) is 8.00. The van der Waals surface area contributed by atoms with Gasteiger partial charge in [0, 0.05) is 29.1 Å². The molecule has 2 heterocycles. The van der Waals surface area contributed by atoms with Gasteiger partial charge in [-0.3, -0.25) is 4.90 Å². The van der Waals surface area contributed by atoms with Crippen molar-refractivity contribution >= 4 is 15.9 Å². The fourth-order valence-electron chi connectivity index (χ4n) is 4.04. The van der Waals surface area contributed by atoms with E-state index in [0.29, 0.717) is 0 Å². The molecule has 110 valence electrons. The van der Waals surface area contributed by atoms with Crippen LogP contribution in [0.2, 0.25) is 0 Å². The molecule has 0 radical (unpaired) electrons. The van der Waals surface area contributed by atoms with Gasteiger partial charge in [0.1, 0.15) is 0 Å². The Morgan fingerprint density at radius 2 is 2.00 bits per heavy atom. The Kier molecular flexibility index (Phi) is 4.79. The van der Waals surface area contributed by atoms with Crippen molar-refractivity contribution in [1.82, 2.24) is 10.2 Å². The maximum atomic E-state index is 3.67. The molecule has 1 aromatic rings. The molecule has 2 bridgehead atoms. The van der Waals surface area contributed by atoms with E-state index < -0.39 is 0 Å². The lowest BCUT2D eigenvalue weighted by atomic mass is 9.81. The fourth-order valence-corrected chi connectivity index (χ4v) is 4.48. The summed E-state index contributed by atoms with van der Waals surface area (Å²) in [6.07, 6.45) is 6.85. The van der Waals surface area contributed by atoms with Crippen molar-refractivity contribution in [3.05, 3.63) is 34.3 Å². The van der Waals surface area contributed by atoms with E-state index in [-0.39, 0.29) is 0 Å². The van der Waals surface area contributed by atoms with E-state index in [2.05, 4.69) is 57.3 Å². The molecule has 1 N–H and O–H groups in total. The van der Waals surface area contributed by atoms with Gasteiger partial charge in [0.05, 0.1) is 0 Å². The van der Waals surface area contributed by atoms with Crippen LogP contribution in [0, 0.1) is 0 Å². The third-order valence-electron chi connectivity index (χ3n) is 4.87. The second-order valence-corrected chi connectivity index (χ2v) is 7.18. The van der Waals surface area contributed by atoms with Crippen LogP contribution in [0.5, 0.6) is 0 Å². The lowest BCUT2D eigenvalue weighted by Crippen LogP contribution is -2.55. The Balaban J connectivity index is 1.70. The minimum absolute atomic E-state index is 0.744. The van der Waals surface area contributed by atoms with E-state index in [0.717, 1.165) is 31.2 Å². The van der Waals surface area contributed by atoms with Crippen molar-refractivity contribution in [2.75, 3.05) is 6.54 Å². The number of rotatable bonds is 4. The van der Waals surface area contributed by atoms with Crippen molar-refractivity contribution in [3.8, 4) is 0 Å². The van der Waals surface area contributed by atoms with Gasteiger partial charge in [0.2, 0.25) is 0 Å². The summed E-state index contributed by atoms with van der Waals surface area (Å²) < 4.78 is 1.20. The minimum Gasteiger partial charge on any atom is -0.314 e. The highest BCUT2D eigenvalue weighted by Crippen LogP contribution is 2.35. The lowest BCUT2D eigenvalue weighted by Gasteiger charge is -2.49. The molecule has 0 aliphatic carbocycles. The molecule has 3 heteroatoms. The molecule has 3 rings (SSSR count). The van der Waals surface area contributed by atoms with Crippen molar-refractivity contribution in [2.24, 2.45) is 0 Å². The topological polar surface area (TPSA) is 15.3 Å². The van der Waals surface area contributed by atoms with E-state index in [9.17, 15) is 0 Å². The highest BCUT2D eigenvalue weighted by molar-refractivity contribution is 9.10. The number of fused-ring (bicyclic) bond motifs is 2. The van der Waals surface area contributed by atoms with Gasteiger partial charge in [0.15, 0.2) is 0 Å². The van der Waals surface area contributed by atoms with Crippen LogP contribution in [0.4, 0.5) is 0 Å². The first-order chi connectivity index (χ1) is 9.76. The Labute approximate surface area is 131 Å². The third-order valence-corrected chi connectivity index (χ3v) is 5.37. The van der Waals surface area contributed by atoms with Crippen LogP contribution < -0.4 is 5.32 Å². The molecule has 1 aromatic carbocycles. The molecule has 2 saturated heterocycles. The van der Waals surface area contributed by atoms with Crippen LogP contribution in [0.15, 0.2) is 28.7 Å². The SMILES string of the molecule is CCNC1CC2CCCC(C1)N2Cc1cccc(Br)c1. The van der Waals surface area contributed by atoms with Gasteiger partial charge in [0.25, 0.3) is 0 Å². The molecule has 2 fully saturated rings. The molecule has 0 aromatic heterocycles. The summed E-state index contributed by atoms with van der Waals surface area (Å²) in [4.78, 5) is 2.78. The maximum absolute atomic E-state index is 3.67. The van der Waals surface area contributed by atoms with Crippen LogP contribution in [-0.2, 0) is 6.54 Å².